The van der Waals surface area contributed by atoms with Gasteiger partial charge in [0, 0.05) is 17.8 Å². The van der Waals surface area contributed by atoms with Crippen LogP contribution in [0.2, 0.25) is 0 Å². The average molecular weight is 311 g/mol. The Hall–Kier alpha value is -1.85. The highest BCUT2D eigenvalue weighted by molar-refractivity contribution is 6.62. The van der Waals surface area contributed by atoms with Gasteiger partial charge in [0.05, 0.1) is 18.3 Å². The molecule has 2 aromatic rings. The summed E-state index contributed by atoms with van der Waals surface area (Å²) in [6.07, 6.45) is 1.81. The summed E-state index contributed by atoms with van der Waals surface area (Å²) >= 11 is 0. The Bertz CT molecular complexity index is 664. The van der Waals surface area contributed by atoms with Crippen LogP contribution < -0.4 is 10.2 Å². The van der Waals surface area contributed by atoms with Crippen molar-refractivity contribution >= 4 is 12.6 Å². The molecule has 3 rings (SSSR count). The van der Waals surface area contributed by atoms with Gasteiger partial charge in [-0.25, -0.2) is 4.98 Å². The fourth-order valence-corrected chi connectivity index (χ4v) is 2.48. The molecule has 0 N–H and O–H groups in total. The van der Waals surface area contributed by atoms with Crippen molar-refractivity contribution in [2.75, 3.05) is 7.11 Å². The Kier molecular flexibility index (Phi) is 3.94. The summed E-state index contributed by atoms with van der Waals surface area (Å²) < 4.78 is 17.2. The maximum atomic E-state index is 6.07. The summed E-state index contributed by atoms with van der Waals surface area (Å²) in [7, 11) is 1.28. The fourth-order valence-electron chi connectivity index (χ4n) is 2.48. The summed E-state index contributed by atoms with van der Waals surface area (Å²) in [5, 5.41) is 0. The average Bonchev–Trinajstić information content (AvgIpc) is 2.76. The molecular formula is C18H22BNO3. The van der Waals surface area contributed by atoms with Crippen LogP contribution in [-0.4, -0.2) is 30.4 Å². The van der Waals surface area contributed by atoms with Crippen molar-refractivity contribution in [1.82, 2.24) is 4.98 Å². The topological polar surface area (TPSA) is 40.6 Å². The van der Waals surface area contributed by atoms with Crippen LogP contribution in [0.1, 0.15) is 27.7 Å². The minimum absolute atomic E-state index is 0.323. The molecule has 0 amide bonds. The molecule has 0 bridgehead atoms. The van der Waals surface area contributed by atoms with Crippen molar-refractivity contribution in [2.24, 2.45) is 0 Å². The van der Waals surface area contributed by atoms with E-state index in [0.29, 0.717) is 5.88 Å². The predicted molar refractivity (Wildman–Crippen MR) is 91.9 cm³/mol. The number of aromatic nitrogens is 1. The molecule has 1 saturated heterocycles. The number of benzene rings is 1. The van der Waals surface area contributed by atoms with Crippen LogP contribution in [0.3, 0.4) is 0 Å². The molecule has 0 unspecified atom stereocenters. The molecule has 4 nitrogen and oxygen atoms in total. The number of pyridine rings is 1. The third kappa shape index (κ3) is 2.99. The molecule has 1 aromatic carbocycles. The second-order valence-corrected chi connectivity index (χ2v) is 6.80. The van der Waals surface area contributed by atoms with E-state index in [2.05, 4.69) is 44.8 Å². The van der Waals surface area contributed by atoms with E-state index in [0.717, 1.165) is 16.6 Å². The van der Waals surface area contributed by atoms with Crippen molar-refractivity contribution in [3.8, 4) is 17.0 Å². The molecule has 0 atom stereocenters. The van der Waals surface area contributed by atoms with E-state index < -0.39 is 0 Å². The van der Waals surface area contributed by atoms with Gasteiger partial charge in [-0.15, -0.1) is 0 Å². The number of nitrogens with zero attached hydrogens (tertiary/aromatic N) is 1. The van der Waals surface area contributed by atoms with Gasteiger partial charge in [-0.3, -0.25) is 0 Å². The van der Waals surface area contributed by atoms with Crippen LogP contribution in [0.5, 0.6) is 5.88 Å². The van der Waals surface area contributed by atoms with Gasteiger partial charge in [-0.2, -0.15) is 0 Å². The quantitative estimate of drug-likeness (QED) is 0.817. The van der Waals surface area contributed by atoms with Crippen LogP contribution >= 0.6 is 0 Å². The Labute approximate surface area is 137 Å². The fraction of sp³-hybridized carbons (Fsp3) is 0.389. The van der Waals surface area contributed by atoms with Crippen LogP contribution in [0.4, 0.5) is 0 Å². The second-order valence-electron chi connectivity index (χ2n) is 6.80. The molecule has 0 spiro atoms. The van der Waals surface area contributed by atoms with Gasteiger partial charge in [-0.1, -0.05) is 24.3 Å². The zero-order valence-corrected chi connectivity index (χ0v) is 14.3. The second kappa shape index (κ2) is 5.66. The first-order valence-electron chi connectivity index (χ1n) is 7.78. The highest BCUT2D eigenvalue weighted by atomic mass is 16.7. The van der Waals surface area contributed by atoms with E-state index in [1.54, 1.807) is 7.11 Å². The highest BCUT2D eigenvalue weighted by Crippen LogP contribution is 2.36. The van der Waals surface area contributed by atoms with Gasteiger partial charge in [0.2, 0.25) is 5.88 Å². The van der Waals surface area contributed by atoms with Crippen molar-refractivity contribution in [2.45, 2.75) is 38.9 Å². The third-order valence-electron chi connectivity index (χ3n) is 4.71. The van der Waals surface area contributed by atoms with Crippen molar-refractivity contribution < 1.29 is 14.0 Å². The first kappa shape index (κ1) is 16.0. The molecular weight excluding hydrogens is 289 g/mol. The Morgan fingerprint density at radius 3 is 1.91 bits per heavy atom. The van der Waals surface area contributed by atoms with Gasteiger partial charge < -0.3 is 14.0 Å². The van der Waals surface area contributed by atoms with E-state index in [1.807, 2.05) is 30.5 Å². The van der Waals surface area contributed by atoms with Crippen LogP contribution in [0.15, 0.2) is 42.6 Å². The minimum atomic E-state index is -0.331. The number of rotatable bonds is 3. The van der Waals surface area contributed by atoms with Gasteiger partial charge in [-0.05, 0) is 44.8 Å². The number of methoxy groups -OCH3 is 1. The molecule has 5 heteroatoms. The van der Waals surface area contributed by atoms with Gasteiger partial charge >= 0.3 is 7.12 Å². The molecule has 1 aromatic heterocycles. The van der Waals surface area contributed by atoms with E-state index >= 15 is 0 Å². The Morgan fingerprint density at radius 2 is 1.43 bits per heavy atom. The lowest BCUT2D eigenvalue weighted by atomic mass is 9.78. The van der Waals surface area contributed by atoms with Gasteiger partial charge in [0.25, 0.3) is 0 Å². The maximum Gasteiger partial charge on any atom is 0.494 e. The van der Waals surface area contributed by atoms with Crippen molar-refractivity contribution in [1.29, 1.82) is 0 Å². The van der Waals surface area contributed by atoms with E-state index in [9.17, 15) is 0 Å². The Morgan fingerprint density at radius 1 is 0.870 bits per heavy atom. The summed E-state index contributed by atoms with van der Waals surface area (Å²) in [6.45, 7) is 8.24. The summed E-state index contributed by atoms with van der Waals surface area (Å²) in [5.41, 5.74) is 2.52. The summed E-state index contributed by atoms with van der Waals surface area (Å²) in [6, 6.07) is 12.1. The predicted octanol–water partition coefficient (Wildman–Crippen LogP) is 3.06. The molecule has 1 aliphatic rings. The van der Waals surface area contributed by atoms with E-state index in [1.165, 1.54) is 0 Å². The zero-order chi connectivity index (χ0) is 16.7. The molecule has 1 fully saturated rings. The molecule has 0 aliphatic carbocycles. The van der Waals surface area contributed by atoms with Gasteiger partial charge in [0.15, 0.2) is 0 Å². The smallest absolute Gasteiger partial charge is 0.481 e. The number of hydrogen-bond acceptors (Lipinski definition) is 4. The van der Waals surface area contributed by atoms with Crippen molar-refractivity contribution in [3.63, 3.8) is 0 Å². The maximum absolute atomic E-state index is 6.07. The van der Waals surface area contributed by atoms with Crippen LogP contribution in [0, 0.1) is 0 Å². The van der Waals surface area contributed by atoms with Crippen LogP contribution in [0.25, 0.3) is 11.1 Å². The lowest BCUT2D eigenvalue weighted by molar-refractivity contribution is 0.00578. The molecule has 0 saturated carbocycles. The SMILES string of the molecule is COc1ccc(-c2ccc(B3OC(C)(C)C(C)(C)O3)cc2)cn1. The standard InChI is InChI=1S/C18H22BNO3/c1-17(2)18(3,4)23-19(22-17)15-9-6-13(7-10-15)14-8-11-16(21-5)20-12-14/h6-12H,1-5H3. The molecule has 120 valence electrons. The monoisotopic (exact) mass is 311 g/mol. The third-order valence-corrected chi connectivity index (χ3v) is 4.71. The molecule has 1 aliphatic heterocycles. The lowest BCUT2D eigenvalue weighted by Crippen LogP contribution is -2.41. The lowest BCUT2D eigenvalue weighted by Gasteiger charge is -2.32. The largest absolute Gasteiger partial charge is 0.494 e. The van der Waals surface area contributed by atoms with Gasteiger partial charge in [0.1, 0.15) is 0 Å². The van der Waals surface area contributed by atoms with E-state index in [4.69, 9.17) is 14.0 Å². The van der Waals surface area contributed by atoms with E-state index in [-0.39, 0.29) is 18.3 Å². The van der Waals surface area contributed by atoms with Crippen molar-refractivity contribution in [3.05, 3.63) is 42.6 Å². The van der Waals surface area contributed by atoms with Crippen LogP contribution in [-0.2, 0) is 9.31 Å². The number of hydrogen-bond donors (Lipinski definition) is 0. The first-order valence-corrected chi connectivity index (χ1v) is 7.78. The highest BCUT2D eigenvalue weighted by Gasteiger charge is 2.51. The first-order chi connectivity index (χ1) is 10.8. The normalized spacial score (nSPS) is 18.9. The molecule has 0 radical (unpaired) electrons. The molecule has 2 heterocycles. The summed E-state index contributed by atoms with van der Waals surface area (Å²) in [5.74, 6) is 0.614. The number of ether oxygens (including phenoxy) is 1. The zero-order valence-electron chi connectivity index (χ0n) is 14.3. The Balaban J connectivity index is 1.80. The summed E-state index contributed by atoms with van der Waals surface area (Å²) in [4.78, 5) is 4.24. The molecule has 23 heavy (non-hydrogen) atoms. The minimum Gasteiger partial charge on any atom is -0.481 e.